The van der Waals surface area contributed by atoms with E-state index in [0.717, 1.165) is 11.3 Å². The summed E-state index contributed by atoms with van der Waals surface area (Å²) in [5.74, 6) is 0.441. The van der Waals surface area contributed by atoms with Crippen LogP contribution >= 0.6 is 23.2 Å². The molecule has 0 saturated heterocycles. The van der Waals surface area contributed by atoms with Crippen LogP contribution in [0.15, 0.2) is 48.5 Å². The van der Waals surface area contributed by atoms with Crippen molar-refractivity contribution in [3.63, 3.8) is 0 Å². The first-order valence-corrected chi connectivity index (χ1v) is 7.86. The van der Waals surface area contributed by atoms with Crippen LogP contribution < -0.4 is 15.5 Å². The topological polar surface area (TPSA) is 59.6 Å². The van der Waals surface area contributed by atoms with Crippen LogP contribution in [0.4, 0.5) is 5.69 Å². The Kier molecular flexibility index (Phi) is 4.94. The standard InChI is InChI=1S/C17H14Cl2N2O3/c1-23-12-5-2-10(3-6-12)15-9-16(24-21-15)17(22)20-11-4-7-13(18)14(19)8-11/h2-9,16,21H,1H3,(H,20,22)/t16-/m1/s1. The van der Waals surface area contributed by atoms with Crippen molar-refractivity contribution in [1.82, 2.24) is 5.48 Å². The van der Waals surface area contributed by atoms with Gasteiger partial charge in [-0.3, -0.25) is 15.1 Å². The van der Waals surface area contributed by atoms with Crippen molar-refractivity contribution in [3.8, 4) is 5.75 Å². The Morgan fingerprint density at radius 1 is 1.17 bits per heavy atom. The van der Waals surface area contributed by atoms with Gasteiger partial charge in [0.05, 0.1) is 22.9 Å². The van der Waals surface area contributed by atoms with Gasteiger partial charge in [-0.05, 0) is 54.1 Å². The summed E-state index contributed by atoms with van der Waals surface area (Å²) in [5, 5.41) is 3.53. The summed E-state index contributed by atoms with van der Waals surface area (Å²) in [7, 11) is 1.61. The maximum Gasteiger partial charge on any atom is 0.260 e. The van der Waals surface area contributed by atoms with E-state index in [1.54, 1.807) is 31.4 Å². The summed E-state index contributed by atoms with van der Waals surface area (Å²) in [4.78, 5) is 17.6. The minimum absolute atomic E-state index is 0.315. The summed E-state index contributed by atoms with van der Waals surface area (Å²) < 4.78 is 5.12. The van der Waals surface area contributed by atoms with Crippen molar-refractivity contribution in [2.45, 2.75) is 6.10 Å². The van der Waals surface area contributed by atoms with Gasteiger partial charge in [0.25, 0.3) is 5.91 Å². The van der Waals surface area contributed by atoms with Crippen molar-refractivity contribution < 1.29 is 14.4 Å². The van der Waals surface area contributed by atoms with Gasteiger partial charge in [0.2, 0.25) is 0 Å². The summed E-state index contributed by atoms with van der Waals surface area (Å²) in [6, 6.07) is 12.3. The highest BCUT2D eigenvalue weighted by Gasteiger charge is 2.24. The first-order valence-electron chi connectivity index (χ1n) is 7.10. The fourth-order valence-corrected chi connectivity index (χ4v) is 2.49. The lowest BCUT2D eigenvalue weighted by Gasteiger charge is -2.09. The number of ether oxygens (including phenoxy) is 1. The Labute approximate surface area is 149 Å². The molecule has 1 heterocycles. The summed E-state index contributed by atoms with van der Waals surface area (Å²) in [6.07, 6.45) is 0.950. The maximum absolute atomic E-state index is 12.3. The van der Waals surface area contributed by atoms with Crippen LogP contribution in [0.3, 0.4) is 0 Å². The molecule has 1 amide bonds. The van der Waals surface area contributed by atoms with Gasteiger partial charge in [-0.2, -0.15) is 0 Å². The number of rotatable bonds is 4. The third-order valence-electron chi connectivity index (χ3n) is 3.46. The van der Waals surface area contributed by atoms with E-state index in [2.05, 4.69) is 10.8 Å². The minimum atomic E-state index is -0.753. The van der Waals surface area contributed by atoms with E-state index in [1.165, 1.54) is 0 Å². The molecule has 0 fully saturated rings. The van der Waals surface area contributed by atoms with E-state index in [9.17, 15) is 4.79 Å². The zero-order valence-electron chi connectivity index (χ0n) is 12.7. The fourth-order valence-electron chi connectivity index (χ4n) is 2.19. The molecule has 2 aromatic carbocycles. The van der Waals surface area contributed by atoms with E-state index >= 15 is 0 Å². The van der Waals surface area contributed by atoms with Crippen LogP contribution in [0, 0.1) is 0 Å². The molecule has 0 saturated carbocycles. The SMILES string of the molecule is COc1ccc(C2=C[C@H](C(=O)Nc3ccc(Cl)c(Cl)c3)ON2)cc1. The van der Waals surface area contributed by atoms with Crippen molar-refractivity contribution in [2.75, 3.05) is 12.4 Å². The van der Waals surface area contributed by atoms with Crippen molar-refractivity contribution >= 4 is 40.5 Å². The number of benzene rings is 2. The molecule has 7 heteroatoms. The van der Waals surface area contributed by atoms with E-state index in [0.29, 0.717) is 21.4 Å². The number of methoxy groups -OCH3 is 1. The molecule has 24 heavy (non-hydrogen) atoms. The number of amides is 1. The third-order valence-corrected chi connectivity index (χ3v) is 4.20. The van der Waals surface area contributed by atoms with Crippen LogP contribution in [0.5, 0.6) is 5.75 Å². The smallest absolute Gasteiger partial charge is 0.260 e. The van der Waals surface area contributed by atoms with Gasteiger partial charge in [0, 0.05) is 5.69 Å². The second kappa shape index (κ2) is 7.13. The molecule has 124 valence electrons. The van der Waals surface area contributed by atoms with E-state index in [-0.39, 0.29) is 5.91 Å². The minimum Gasteiger partial charge on any atom is -0.497 e. The number of nitrogens with one attached hydrogen (secondary N) is 2. The zero-order valence-corrected chi connectivity index (χ0v) is 14.2. The van der Waals surface area contributed by atoms with Crippen LogP contribution in [-0.2, 0) is 9.63 Å². The van der Waals surface area contributed by atoms with E-state index in [4.69, 9.17) is 32.8 Å². The van der Waals surface area contributed by atoms with Gasteiger partial charge in [-0.25, -0.2) is 0 Å². The Bertz CT molecular complexity index is 791. The molecule has 5 nitrogen and oxygen atoms in total. The molecule has 0 unspecified atom stereocenters. The largest absolute Gasteiger partial charge is 0.497 e. The molecule has 0 aliphatic carbocycles. The van der Waals surface area contributed by atoms with Gasteiger partial charge < -0.3 is 10.1 Å². The van der Waals surface area contributed by atoms with Gasteiger partial charge in [-0.1, -0.05) is 23.2 Å². The number of carbonyl (C=O) groups is 1. The Hall–Kier alpha value is -2.21. The molecule has 3 rings (SSSR count). The lowest BCUT2D eigenvalue weighted by atomic mass is 10.1. The number of hydrogen-bond donors (Lipinski definition) is 2. The van der Waals surface area contributed by atoms with Crippen LogP contribution in [-0.4, -0.2) is 19.1 Å². The average molecular weight is 365 g/mol. The monoisotopic (exact) mass is 364 g/mol. The molecular weight excluding hydrogens is 351 g/mol. The highest BCUT2D eigenvalue weighted by molar-refractivity contribution is 6.42. The molecule has 0 bridgehead atoms. The molecule has 1 aliphatic rings. The van der Waals surface area contributed by atoms with E-state index < -0.39 is 6.10 Å². The molecule has 0 aromatic heterocycles. The highest BCUT2D eigenvalue weighted by Crippen LogP contribution is 2.26. The summed E-state index contributed by atoms with van der Waals surface area (Å²) in [6.45, 7) is 0. The van der Waals surface area contributed by atoms with Gasteiger partial charge in [-0.15, -0.1) is 0 Å². The quantitative estimate of drug-likeness (QED) is 0.863. The highest BCUT2D eigenvalue weighted by atomic mass is 35.5. The third kappa shape index (κ3) is 3.64. The Morgan fingerprint density at radius 3 is 2.58 bits per heavy atom. The number of hydroxylamine groups is 1. The Morgan fingerprint density at radius 2 is 1.92 bits per heavy atom. The second-order valence-electron chi connectivity index (χ2n) is 5.07. The summed E-state index contributed by atoms with van der Waals surface area (Å²) >= 11 is 11.8. The van der Waals surface area contributed by atoms with Gasteiger partial charge in [0.1, 0.15) is 5.75 Å². The molecule has 1 aliphatic heterocycles. The van der Waals surface area contributed by atoms with Crippen molar-refractivity contribution in [2.24, 2.45) is 0 Å². The van der Waals surface area contributed by atoms with Crippen molar-refractivity contribution in [3.05, 3.63) is 64.1 Å². The van der Waals surface area contributed by atoms with Gasteiger partial charge >= 0.3 is 0 Å². The van der Waals surface area contributed by atoms with E-state index in [1.807, 2.05) is 24.3 Å². The number of halogens is 2. The van der Waals surface area contributed by atoms with Crippen LogP contribution in [0.1, 0.15) is 5.56 Å². The Balaban J connectivity index is 1.69. The molecule has 0 radical (unpaired) electrons. The molecular formula is C17H14Cl2N2O3. The van der Waals surface area contributed by atoms with Gasteiger partial charge in [0.15, 0.2) is 6.10 Å². The number of anilines is 1. The average Bonchev–Trinajstić information content (AvgIpc) is 3.08. The second-order valence-corrected chi connectivity index (χ2v) is 5.88. The van der Waals surface area contributed by atoms with Crippen LogP contribution in [0.25, 0.3) is 5.70 Å². The predicted octanol–water partition coefficient (Wildman–Crippen LogP) is 3.89. The molecule has 0 spiro atoms. The maximum atomic E-state index is 12.3. The molecule has 2 aromatic rings. The molecule has 1 atom stereocenters. The first-order chi connectivity index (χ1) is 11.6. The zero-order chi connectivity index (χ0) is 17.1. The number of carbonyl (C=O) groups excluding carboxylic acids is 1. The fraction of sp³-hybridized carbons (Fsp3) is 0.118. The van der Waals surface area contributed by atoms with Crippen molar-refractivity contribution in [1.29, 1.82) is 0 Å². The lowest BCUT2D eigenvalue weighted by molar-refractivity contribution is -0.125. The molecule has 2 N–H and O–H groups in total. The predicted molar refractivity (Wildman–Crippen MR) is 94.1 cm³/mol. The lowest BCUT2D eigenvalue weighted by Crippen LogP contribution is -2.28. The van der Waals surface area contributed by atoms with Crippen LogP contribution in [0.2, 0.25) is 10.0 Å². The summed E-state index contributed by atoms with van der Waals surface area (Å²) in [5.41, 5.74) is 4.91. The normalized spacial score (nSPS) is 16.3. The number of hydrogen-bond acceptors (Lipinski definition) is 4. The first kappa shape index (κ1) is 16.6.